The SMILES string of the molecule is C=C(/C=C(\C=C(/C(C)CC)C(F)(F)F)CC)CC.CCCCC1NN(C)C=C1CCC. The molecular formula is C26H45F3N2. The Morgan fingerprint density at radius 2 is 1.77 bits per heavy atom. The van der Waals surface area contributed by atoms with Crippen molar-refractivity contribution in [2.45, 2.75) is 105 Å². The lowest BCUT2D eigenvalue weighted by Gasteiger charge is -2.18. The predicted molar refractivity (Wildman–Crippen MR) is 129 cm³/mol. The van der Waals surface area contributed by atoms with Crippen LogP contribution in [0.3, 0.4) is 0 Å². The molecule has 0 aromatic heterocycles. The van der Waals surface area contributed by atoms with Crippen molar-refractivity contribution in [1.82, 2.24) is 10.4 Å². The topological polar surface area (TPSA) is 15.3 Å². The van der Waals surface area contributed by atoms with Crippen LogP contribution in [0.15, 0.2) is 47.2 Å². The summed E-state index contributed by atoms with van der Waals surface area (Å²) >= 11 is 0. The molecule has 2 unspecified atom stereocenters. The zero-order valence-corrected chi connectivity index (χ0v) is 20.8. The van der Waals surface area contributed by atoms with E-state index >= 15 is 0 Å². The van der Waals surface area contributed by atoms with Crippen LogP contribution in [0.2, 0.25) is 0 Å². The molecule has 2 nitrogen and oxygen atoms in total. The number of allylic oxidation sites excluding steroid dienone is 5. The van der Waals surface area contributed by atoms with Crippen molar-refractivity contribution >= 4 is 0 Å². The summed E-state index contributed by atoms with van der Waals surface area (Å²) in [7, 11) is 2.08. The van der Waals surface area contributed by atoms with Gasteiger partial charge in [0.15, 0.2) is 0 Å². The minimum atomic E-state index is -4.25. The van der Waals surface area contributed by atoms with Gasteiger partial charge in [0.2, 0.25) is 0 Å². The van der Waals surface area contributed by atoms with Crippen LogP contribution < -0.4 is 5.43 Å². The Kier molecular flexibility index (Phi) is 14.6. The first-order chi connectivity index (χ1) is 14.5. The fraction of sp³-hybridized carbons (Fsp3) is 0.692. The van der Waals surface area contributed by atoms with Gasteiger partial charge >= 0.3 is 6.18 Å². The van der Waals surface area contributed by atoms with Crippen molar-refractivity contribution in [3.8, 4) is 0 Å². The van der Waals surface area contributed by atoms with Crippen molar-refractivity contribution in [3.63, 3.8) is 0 Å². The molecule has 0 saturated heterocycles. The number of nitrogens with one attached hydrogen (secondary N) is 1. The van der Waals surface area contributed by atoms with Crippen LogP contribution in [-0.4, -0.2) is 24.3 Å². The first-order valence-corrected chi connectivity index (χ1v) is 11.9. The third kappa shape index (κ3) is 11.6. The molecule has 1 aliphatic rings. The molecule has 0 aromatic carbocycles. The van der Waals surface area contributed by atoms with Crippen LogP contribution in [0.4, 0.5) is 13.2 Å². The van der Waals surface area contributed by atoms with E-state index in [-0.39, 0.29) is 0 Å². The number of hydrogen-bond donors (Lipinski definition) is 1. The molecule has 0 aliphatic carbocycles. The summed E-state index contributed by atoms with van der Waals surface area (Å²) in [6.07, 6.45) is 9.26. The lowest BCUT2D eigenvalue weighted by atomic mass is 9.94. The molecule has 0 aromatic rings. The molecule has 31 heavy (non-hydrogen) atoms. The standard InChI is InChI=1S/C15H23F3.C11H22N2/c1-6-11(4)9-13(8-3)10-14(12(5)7-2)15(16,17)18;1-4-6-8-11-10(7-5-2)9-13(3)12-11/h9-10,12H,4,6-8H2,1-3,5H3;9,11-12H,4-8H2,1-3H3/b13-9-,14-10+;. The maximum atomic E-state index is 13.0. The highest BCUT2D eigenvalue weighted by molar-refractivity contribution is 5.33. The van der Waals surface area contributed by atoms with Crippen LogP contribution in [0, 0.1) is 5.92 Å². The van der Waals surface area contributed by atoms with Crippen molar-refractivity contribution in [2.75, 3.05) is 7.05 Å². The van der Waals surface area contributed by atoms with Crippen molar-refractivity contribution in [1.29, 1.82) is 0 Å². The first-order valence-electron chi connectivity index (χ1n) is 11.9. The molecule has 0 spiro atoms. The zero-order valence-electron chi connectivity index (χ0n) is 20.8. The quantitative estimate of drug-likeness (QED) is 0.323. The maximum absolute atomic E-state index is 13.0. The van der Waals surface area contributed by atoms with Gasteiger partial charge in [0.1, 0.15) is 0 Å². The van der Waals surface area contributed by atoms with Crippen LogP contribution in [-0.2, 0) is 0 Å². The van der Waals surface area contributed by atoms with Crippen LogP contribution in [0.5, 0.6) is 0 Å². The number of alkyl halides is 3. The molecule has 2 atom stereocenters. The molecule has 1 rings (SSSR count). The summed E-state index contributed by atoms with van der Waals surface area (Å²) in [5, 5.41) is 2.10. The molecule has 1 heterocycles. The minimum absolute atomic E-state index is 0.443. The third-order valence-electron chi connectivity index (χ3n) is 5.61. The second-order valence-corrected chi connectivity index (χ2v) is 8.38. The lowest BCUT2D eigenvalue weighted by Crippen LogP contribution is -2.33. The Morgan fingerprint density at radius 3 is 2.23 bits per heavy atom. The van der Waals surface area contributed by atoms with E-state index in [4.69, 9.17) is 0 Å². The molecule has 0 saturated carbocycles. The summed E-state index contributed by atoms with van der Waals surface area (Å²) in [5.41, 5.74) is 6.15. The van der Waals surface area contributed by atoms with E-state index in [1.54, 1.807) is 25.5 Å². The van der Waals surface area contributed by atoms with Gasteiger partial charge in [-0.05, 0) is 49.2 Å². The van der Waals surface area contributed by atoms with Gasteiger partial charge in [0, 0.05) is 24.9 Å². The van der Waals surface area contributed by atoms with E-state index in [1.807, 2.05) is 13.8 Å². The highest BCUT2D eigenvalue weighted by Crippen LogP contribution is 2.34. The van der Waals surface area contributed by atoms with Gasteiger partial charge in [0.05, 0.1) is 0 Å². The fourth-order valence-corrected chi connectivity index (χ4v) is 3.42. The van der Waals surface area contributed by atoms with Gasteiger partial charge in [0.25, 0.3) is 0 Å². The van der Waals surface area contributed by atoms with Crippen LogP contribution >= 0.6 is 0 Å². The summed E-state index contributed by atoms with van der Waals surface area (Å²) in [4.78, 5) is 0. The van der Waals surface area contributed by atoms with Gasteiger partial charge in [-0.1, -0.05) is 85.1 Å². The molecule has 5 heteroatoms. The van der Waals surface area contributed by atoms with Crippen LogP contribution in [0.25, 0.3) is 0 Å². The maximum Gasteiger partial charge on any atom is 0.412 e. The molecule has 0 bridgehead atoms. The Balaban J connectivity index is 0.000000609. The number of hydrogen-bond acceptors (Lipinski definition) is 2. The third-order valence-corrected chi connectivity index (χ3v) is 5.61. The molecule has 180 valence electrons. The number of halogens is 3. The summed E-state index contributed by atoms with van der Waals surface area (Å²) in [6, 6.07) is 0.616. The Hall–Kier alpha value is -1.49. The van der Waals surface area contributed by atoms with E-state index in [9.17, 15) is 13.2 Å². The molecule has 0 amide bonds. The Labute approximate surface area is 189 Å². The summed E-state index contributed by atoms with van der Waals surface area (Å²) in [6.45, 7) is 15.5. The van der Waals surface area contributed by atoms with Crippen molar-refractivity contribution in [2.24, 2.45) is 5.92 Å². The molecular weight excluding hydrogens is 397 g/mol. The van der Waals surface area contributed by atoms with Gasteiger partial charge < -0.3 is 5.01 Å². The largest absolute Gasteiger partial charge is 0.412 e. The number of unbranched alkanes of at least 4 members (excludes halogenated alkanes) is 1. The predicted octanol–water partition coefficient (Wildman–Crippen LogP) is 8.50. The molecule has 1 N–H and O–H groups in total. The second-order valence-electron chi connectivity index (χ2n) is 8.38. The van der Waals surface area contributed by atoms with E-state index in [0.717, 1.165) is 12.0 Å². The summed E-state index contributed by atoms with van der Waals surface area (Å²) < 4.78 is 38.9. The highest BCUT2D eigenvalue weighted by Gasteiger charge is 2.36. The number of rotatable bonds is 11. The van der Waals surface area contributed by atoms with E-state index in [1.165, 1.54) is 38.2 Å². The second kappa shape index (κ2) is 15.3. The number of nitrogens with zero attached hydrogens (tertiary/aromatic N) is 1. The average molecular weight is 443 g/mol. The van der Waals surface area contributed by atoms with Crippen LogP contribution in [0.1, 0.15) is 92.9 Å². The highest BCUT2D eigenvalue weighted by atomic mass is 19.4. The zero-order chi connectivity index (χ0) is 24.0. The fourth-order valence-electron chi connectivity index (χ4n) is 3.42. The first kappa shape index (κ1) is 29.5. The van der Waals surface area contributed by atoms with Crippen molar-refractivity contribution in [3.05, 3.63) is 47.2 Å². The van der Waals surface area contributed by atoms with Crippen molar-refractivity contribution < 1.29 is 13.2 Å². The Bertz CT molecular complexity index is 615. The average Bonchev–Trinajstić information content (AvgIpc) is 3.07. The van der Waals surface area contributed by atoms with Gasteiger partial charge in [-0.15, -0.1) is 0 Å². The summed E-state index contributed by atoms with van der Waals surface area (Å²) in [5.74, 6) is -0.477. The normalized spacial score (nSPS) is 18.5. The van der Waals surface area contributed by atoms with E-state index in [2.05, 4.69) is 44.1 Å². The molecule has 1 aliphatic heterocycles. The number of hydrazine groups is 1. The van der Waals surface area contributed by atoms with E-state index < -0.39 is 17.7 Å². The Morgan fingerprint density at radius 1 is 1.13 bits per heavy atom. The van der Waals surface area contributed by atoms with Gasteiger partial charge in [-0.2, -0.15) is 13.2 Å². The molecule has 0 fully saturated rings. The smallest absolute Gasteiger partial charge is 0.318 e. The minimum Gasteiger partial charge on any atom is -0.318 e. The van der Waals surface area contributed by atoms with Gasteiger partial charge in [-0.3, -0.25) is 0 Å². The van der Waals surface area contributed by atoms with Gasteiger partial charge in [-0.25, -0.2) is 5.43 Å². The lowest BCUT2D eigenvalue weighted by molar-refractivity contribution is -0.0985. The van der Waals surface area contributed by atoms with E-state index in [0.29, 0.717) is 24.5 Å². The molecule has 0 radical (unpaired) electrons. The monoisotopic (exact) mass is 442 g/mol.